The number of nitrogen functional groups attached to an aromatic ring is 1. The molecule has 4 aromatic heterocycles. The first kappa shape index (κ1) is 23.3. The molecule has 0 unspecified atom stereocenters. The van der Waals surface area contributed by atoms with Gasteiger partial charge in [-0.05, 0) is 38.2 Å². The number of aromatic amines is 2. The minimum absolute atomic E-state index is 0.0171. The number of anilines is 1. The van der Waals surface area contributed by atoms with Crippen LogP contribution in [0.1, 0.15) is 65.2 Å². The van der Waals surface area contributed by atoms with Crippen molar-refractivity contribution in [2.45, 2.75) is 50.6 Å². The van der Waals surface area contributed by atoms with Crippen molar-refractivity contribution in [1.29, 1.82) is 0 Å². The number of imidazole rings is 1. The maximum Gasteiger partial charge on any atom is 0.292 e. The van der Waals surface area contributed by atoms with Crippen molar-refractivity contribution < 1.29 is 9.59 Å². The molecule has 12 heteroatoms. The number of fused-ring (bicyclic) bond motifs is 3. The van der Waals surface area contributed by atoms with Crippen LogP contribution in [0.2, 0.25) is 0 Å². The maximum absolute atomic E-state index is 13.1. The number of ketones is 1. The third-order valence-electron chi connectivity index (χ3n) is 8.00. The standard InChI is InChI=1S/C27H26N10O2/c1-14(38)21-22(17-10-18-6-7-19(11-17)36(18)27(39)25-31-13-32-35-25)34-26-20(12-33-37(26)23(21)28)15-2-4-16(5-3-15)24-29-8-9-30-24/h2-5,8-9,12-13,17-19H,6-7,10-11,28H2,1H3,(H,29,30)(H,31,32,35)/t17-,18+,19-. The molecule has 1 amide bonds. The molecular weight excluding hydrogens is 496 g/mol. The highest BCUT2D eigenvalue weighted by Crippen LogP contribution is 2.45. The number of aromatic nitrogens is 8. The van der Waals surface area contributed by atoms with E-state index in [1.54, 1.807) is 23.1 Å². The van der Waals surface area contributed by atoms with Crippen molar-refractivity contribution in [3.05, 3.63) is 66.3 Å². The number of benzene rings is 1. The summed E-state index contributed by atoms with van der Waals surface area (Å²) in [5.41, 5.74) is 11.0. The molecule has 3 atom stereocenters. The fourth-order valence-electron chi connectivity index (χ4n) is 6.29. The van der Waals surface area contributed by atoms with Crippen LogP contribution < -0.4 is 5.73 Å². The molecule has 39 heavy (non-hydrogen) atoms. The van der Waals surface area contributed by atoms with E-state index in [2.05, 4.69) is 30.2 Å². The first-order valence-electron chi connectivity index (χ1n) is 13.0. The molecule has 4 N–H and O–H groups in total. The number of nitrogens with zero attached hydrogens (tertiary/aromatic N) is 7. The number of hydrogen-bond acceptors (Lipinski definition) is 8. The summed E-state index contributed by atoms with van der Waals surface area (Å²) in [5.74, 6) is 1.03. The minimum atomic E-state index is -0.149. The van der Waals surface area contributed by atoms with Gasteiger partial charge in [-0.3, -0.25) is 9.59 Å². The average molecular weight is 523 g/mol. The number of nitrogens with two attached hydrogens (primary N) is 1. The lowest BCUT2D eigenvalue weighted by molar-refractivity contribution is 0.0556. The number of carbonyl (C=O) groups excluding carboxylic acids is 2. The van der Waals surface area contributed by atoms with Crippen LogP contribution in [0, 0.1) is 0 Å². The number of amides is 1. The summed E-state index contributed by atoms with van der Waals surface area (Å²) in [6, 6.07) is 8.04. The summed E-state index contributed by atoms with van der Waals surface area (Å²) in [5, 5.41) is 12.2. The van der Waals surface area contributed by atoms with Gasteiger partial charge in [-0.2, -0.15) is 9.61 Å². The van der Waals surface area contributed by atoms with E-state index in [9.17, 15) is 9.59 Å². The molecule has 2 aliphatic heterocycles. The smallest absolute Gasteiger partial charge is 0.292 e. The van der Waals surface area contributed by atoms with Crippen LogP contribution in [0.3, 0.4) is 0 Å². The third kappa shape index (κ3) is 3.70. The van der Waals surface area contributed by atoms with E-state index in [1.165, 1.54) is 13.3 Å². The van der Waals surface area contributed by atoms with Crippen molar-refractivity contribution in [2.75, 3.05) is 5.73 Å². The molecule has 12 nitrogen and oxygen atoms in total. The molecule has 5 aromatic rings. The van der Waals surface area contributed by atoms with Gasteiger partial charge in [-0.15, -0.1) is 10.2 Å². The zero-order valence-electron chi connectivity index (χ0n) is 21.2. The highest BCUT2D eigenvalue weighted by Gasteiger charge is 2.45. The van der Waals surface area contributed by atoms with Gasteiger partial charge in [0.2, 0.25) is 5.82 Å². The van der Waals surface area contributed by atoms with Gasteiger partial charge < -0.3 is 20.6 Å². The Morgan fingerprint density at radius 1 is 1.05 bits per heavy atom. The van der Waals surface area contributed by atoms with Crippen LogP contribution in [0.4, 0.5) is 5.82 Å². The van der Waals surface area contributed by atoms with E-state index >= 15 is 0 Å². The lowest BCUT2D eigenvalue weighted by Crippen LogP contribution is -2.46. The molecule has 0 spiro atoms. The van der Waals surface area contributed by atoms with Crippen LogP contribution in [0.15, 0.2) is 49.2 Å². The van der Waals surface area contributed by atoms with Crippen molar-refractivity contribution in [2.24, 2.45) is 0 Å². The van der Waals surface area contributed by atoms with Crippen LogP contribution in [-0.2, 0) is 0 Å². The van der Waals surface area contributed by atoms with Gasteiger partial charge in [0.05, 0.1) is 17.5 Å². The molecule has 0 saturated carbocycles. The lowest BCUT2D eigenvalue weighted by atomic mass is 9.85. The summed E-state index contributed by atoms with van der Waals surface area (Å²) in [6.07, 6.45) is 9.84. The van der Waals surface area contributed by atoms with Gasteiger partial charge >= 0.3 is 0 Å². The largest absolute Gasteiger partial charge is 0.383 e. The molecule has 2 aliphatic rings. The van der Waals surface area contributed by atoms with E-state index in [1.807, 2.05) is 29.2 Å². The second kappa shape index (κ2) is 8.86. The number of carbonyl (C=O) groups is 2. The lowest BCUT2D eigenvalue weighted by Gasteiger charge is -2.38. The Balaban J connectivity index is 1.27. The quantitative estimate of drug-likeness (QED) is 0.296. The predicted octanol–water partition coefficient (Wildman–Crippen LogP) is 3.24. The maximum atomic E-state index is 13.1. The average Bonchev–Trinajstić information content (AvgIpc) is 3.75. The molecule has 0 aliphatic carbocycles. The number of piperidine rings is 1. The number of hydrogen-bond donors (Lipinski definition) is 3. The second-order valence-electron chi connectivity index (χ2n) is 10.2. The van der Waals surface area contributed by atoms with E-state index in [-0.39, 0.29) is 41.3 Å². The first-order valence-corrected chi connectivity index (χ1v) is 13.0. The molecule has 196 valence electrons. The fraction of sp³-hybridized carbons (Fsp3) is 0.296. The normalized spacial score (nSPS) is 20.5. The molecular formula is C27H26N10O2. The van der Waals surface area contributed by atoms with Gasteiger partial charge in [0.25, 0.3) is 5.91 Å². The SMILES string of the molecule is CC(=O)c1c([C@H]2C[C@H]3CC[C@@H](C2)N3C(=O)c2nnc[nH]2)nc2c(-c3ccc(-c4ncc[nH]4)cc3)cnn2c1N. The molecule has 1 aromatic carbocycles. The van der Waals surface area contributed by atoms with E-state index in [4.69, 9.17) is 10.7 Å². The van der Waals surface area contributed by atoms with Gasteiger partial charge in [0.15, 0.2) is 11.4 Å². The Bertz CT molecular complexity index is 1670. The zero-order chi connectivity index (χ0) is 26.7. The molecule has 2 saturated heterocycles. The highest BCUT2D eigenvalue weighted by atomic mass is 16.2. The monoisotopic (exact) mass is 522 g/mol. The Hall–Kier alpha value is -4.87. The van der Waals surface area contributed by atoms with E-state index in [0.717, 1.165) is 35.4 Å². The van der Waals surface area contributed by atoms with Crippen LogP contribution in [0.25, 0.3) is 28.2 Å². The Labute approximate surface area is 222 Å². The van der Waals surface area contributed by atoms with E-state index in [0.29, 0.717) is 29.7 Å². The second-order valence-corrected chi connectivity index (χ2v) is 10.2. The summed E-state index contributed by atoms with van der Waals surface area (Å²) in [7, 11) is 0. The molecule has 0 radical (unpaired) electrons. The number of nitrogens with one attached hydrogen (secondary N) is 2. The van der Waals surface area contributed by atoms with Crippen LogP contribution >= 0.6 is 0 Å². The Kier molecular flexibility index (Phi) is 5.28. The third-order valence-corrected chi connectivity index (χ3v) is 8.00. The predicted molar refractivity (Wildman–Crippen MR) is 142 cm³/mol. The van der Waals surface area contributed by atoms with Crippen LogP contribution in [-0.4, -0.2) is 68.4 Å². The molecule has 7 rings (SSSR count). The fourth-order valence-corrected chi connectivity index (χ4v) is 6.29. The van der Waals surface area contributed by atoms with Crippen molar-refractivity contribution in [1.82, 2.24) is 44.6 Å². The van der Waals surface area contributed by atoms with Gasteiger partial charge in [-0.25, -0.2) is 9.97 Å². The minimum Gasteiger partial charge on any atom is -0.383 e. The highest BCUT2D eigenvalue weighted by molar-refractivity contribution is 6.00. The van der Waals surface area contributed by atoms with Crippen molar-refractivity contribution in [3.63, 3.8) is 0 Å². The van der Waals surface area contributed by atoms with Crippen molar-refractivity contribution >= 4 is 23.2 Å². The number of H-pyrrole nitrogens is 2. The summed E-state index contributed by atoms with van der Waals surface area (Å²) >= 11 is 0. The molecule has 6 heterocycles. The molecule has 2 fully saturated rings. The van der Waals surface area contributed by atoms with Crippen molar-refractivity contribution in [3.8, 4) is 22.5 Å². The summed E-state index contributed by atoms with van der Waals surface area (Å²) in [4.78, 5) is 43.2. The Morgan fingerprint density at radius 2 is 1.79 bits per heavy atom. The number of rotatable bonds is 5. The van der Waals surface area contributed by atoms with E-state index < -0.39 is 0 Å². The molecule has 2 bridgehead atoms. The summed E-state index contributed by atoms with van der Waals surface area (Å²) in [6.45, 7) is 1.51. The number of Topliss-reactive ketones (excluding diaryl/α,β-unsaturated/α-hetero) is 1. The van der Waals surface area contributed by atoms with Gasteiger partial charge in [0.1, 0.15) is 18.0 Å². The van der Waals surface area contributed by atoms with Gasteiger partial charge in [0, 0.05) is 41.5 Å². The topological polar surface area (TPSA) is 164 Å². The van der Waals surface area contributed by atoms with Crippen LogP contribution in [0.5, 0.6) is 0 Å². The van der Waals surface area contributed by atoms with Gasteiger partial charge in [-0.1, -0.05) is 24.3 Å². The summed E-state index contributed by atoms with van der Waals surface area (Å²) < 4.78 is 1.55. The first-order chi connectivity index (χ1) is 19.0. The zero-order valence-corrected chi connectivity index (χ0v) is 21.2. The Morgan fingerprint density at radius 3 is 2.44 bits per heavy atom.